The molecule has 0 amide bonds. The summed E-state index contributed by atoms with van der Waals surface area (Å²) in [5.41, 5.74) is 9.25. The van der Waals surface area contributed by atoms with Crippen LogP contribution in [0, 0.1) is 20.8 Å². The Balaban J connectivity index is 1.73. The van der Waals surface area contributed by atoms with Gasteiger partial charge in [0.25, 0.3) is 0 Å². The summed E-state index contributed by atoms with van der Waals surface area (Å²) in [6, 6.07) is 34.8. The van der Waals surface area contributed by atoms with Gasteiger partial charge in [-0.3, -0.25) is 0 Å². The number of benzene rings is 4. The number of hydrogen-bond donors (Lipinski definition) is 0. The largest absolute Gasteiger partial charge is 0.300 e. The van der Waals surface area contributed by atoms with E-state index in [0.29, 0.717) is 0 Å². The van der Waals surface area contributed by atoms with E-state index in [1.165, 1.54) is 21.6 Å². The Hall–Kier alpha value is -3.34. The molecule has 0 aliphatic rings. The molecular formula is C31H28N2S2. The molecule has 0 bridgehead atoms. The standard InChI is InChI=1S/C31H28N2S2/c1-21-5-11-24(12-6-21)29-31(35-30(32-29)25-13-19-28(34-4)20-14-25)33(26-15-7-22(2)8-16-26)27-17-9-23(3)10-18-27/h5-20H,1-4H3. The first-order valence-corrected chi connectivity index (χ1v) is 13.7. The van der Waals surface area contributed by atoms with E-state index in [-0.39, 0.29) is 0 Å². The first-order valence-electron chi connectivity index (χ1n) is 11.7. The minimum Gasteiger partial charge on any atom is -0.300 e. The van der Waals surface area contributed by atoms with Crippen LogP contribution in [0.3, 0.4) is 0 Å². The lowest BCUT2D eigenvalue weighted by Crippen LogP contribution is -2.09. The van der Waals surface area contributed by atoms with Crippen LogP contribution in [0.5, 0.6) is 0 Å². The summed E-state index contributed by atoms with van der Waals surface area (Å²) < 4.78 is 0. The number of thiazole rings is 1. The zero-order chi connectivity index (χ0) is 24.4. The van der Waals surface area contributed by atoms with Gasteiger partial charge in [-0.2, -0.15) is 0 Å². The van der Waals surface area contributed by atoms with Gasteiger partial charge in [0.05, 0.1) is 0 Å². The van der Waals surface area contributed by atoms with Gasteiger partial charge in [0.1, 0.15) is 15.7 Å². The summed E-state index contributed by atoms with van der Waals surface area (Å²) in [6.07, 6.45) is 2.10. The van der Waals surface area contributed by atoms with Crippen LogP contribution in [0.1, 0.15) is 16.7 Å². The number of anilines is 3. The fourth-order valence-corrected chi connectivity index (χ4v) is 5.54. The third-order valence-corrected chi connectivity index (χ3v) is 7.89. The molecule has 0 fully saturated rings. The van der Waals surface area contributed by atoms with Crippen molar-refractivity contribution in [2.75, 3.05) is 11.2 Å². The van der Waals surface area contributed by atoms with E-state index in [1.807, 2.05) is 0 Å². The molecule has 5 rings (SSSR count). The number of aromatic nitrogens is 1. The Bertz CT molecular complexity index is 1370. The number of thioether (sulfide) groups is 1. The van der Waals surface area contributed by atoms with E-state index in [0.717, 1.165) is 38.2 Å². The average Bonchev–Trinajstić information content (AvgIpc) is 3.32. The SMILES string of the molecule is CSc1ccc(-c2nc(-c3ccc(C)cc3)c(N(c3ccc(C)cc3)c3ccc(C)cc3)s2)cc1. The minimum absolute atomic E-state index is 1.00. The summed E-state index contributed by atoms with van der Waals surface area (Å²) in [7, 11) is 0. The molecule has 0 unspecified atom stereocenters. The molecule has 5 aromatic rings. The molecular weight excluding hydrogens is 464 g/mol. The van der Waals surface area contributed by atoms with Crippen molar-refractivity contribution in [2.45, 2.75) is 25.7 Å². The van der Waals surface area contributed by atoms with E-state index in [9.17, 15) is 0 Å². The van der Waals surface area contributed by atoms with Crippen LogP contribution in [0.25, 0.3) is 21.8 Å². The highest BCUT2D eigenvalue weighted by molar-refractivity contribution is 7.98. The second-order valence-corrected chi connectivity index (χ2v) is 10.6. The van der Waals surface area contributed by atoms with Crippen molar-refractivity contribution in [1.29, 1.82) is 0 Å². The second kappa shape index (κ2) is 10.1. The van der Waals surface area contributed by atoms with E-state index >= 15 is 0 Å². The zero-order valence-corrected chi connectivity index (χ0v) is 22.1. The van der Waals surface area contributed by atoms with Gasteiger partial charge in [-0.05, 0) is 63.4 Å². The quantitative estimate of drug-likeness (QED) is 0.220. The molecule has 4 aromatic carbocycles. The number of aryl methyl sites for hydroxylation is 3. The summed E-state index contributed by atoms with van der Waals surface area (Å²) in [6.45, 7) is 6.37. The highest BCUT2D eigenvalue weighted by Gasteiger charge is 2.23. The molecule has 1 heterocycles. The Morgan fingerprint density at radius 2 is 1.06 bits per heavy atom. The van der Waals surface area contributed by atoms with Gasteiger partial charge < -0.3 is 4.90 Å². The van der Waals surface area contributed by atoms with Crippen molar-refractivity contribution in [3.8, 4) is 21.8 Å². The van der Waals surface area contributed by atoms with Crippen LogP contribution < -0.4 is 4.90 Å². The Morgan fingerprint density at radius 1 is 0.600 bits per heavy atom. The molecule has 2 nitrogen and oxygen atoms in total. The van der Waals surface area contributed by atoms with Crippen molar-refractivity contribution in [3.63, 3.8) is 0 Å². The molecule has 4 heteroatoms. The molecule has 0 radical (unpaired) electrons. The van der Waals surface area contributed by atoms with Crippen molar-refractivity contribution in [3.05, 3.63) is 114 Å². The summed E-state index contributed by atoms with van der Waals surface area (Å²) >= 11 is 3.49. The Morgan fingerprint density at radius 3 is 1.54 bits per heavy atom. The van der Waals surface area contributed by atoms with Crippen LogP contribution in [0.15, 0.2) is 102 Å². The highest BCUT2D eigenvalue weighted by Crippen LogP contribution is 2.46. The molecule has 0 saturated carbocycles. The lowest BCUT2D eigenvalue weighted by Gasteiger charge is -2.25. The van der Waals surface area contributed by atoms with E-state index in [1.54, 1.807) is 23.1 Å². The molecule has 0 aliphatic carbocycles. The average molecular weight is 493 g/mol. The lowest BCUT2D eigenvalue weighted by atomic mass is 10.1. The maximum atomic E-state index is 5.21. The van der Waals surface area contributed by atoms with Crippen molar-refractivity contribution < 1.29 is 0 Å². The van der Waals surface area contributed by atoms with E-state index < -0.39 is 0 Å². The van der Waals surface area contributed by atoms with Gasteiger partial charge in [-0.1, -0.05) is 88.7 Å². The van der Waals surface area contributed by atoms with Crippen molar-refractivity contribution >= 4 is 39.5 Å². The van der Waals surface area contributed by atoms with Crippen LogP contribution in [-0.4, -0.2) is 11.2 Å². The second-order valence-electron chi connectivity index (χ2n) is 8.77. The minimum atomic E-state index is 1.00. The van der Waals surface area contributed by atoms with Gasteiger partial charge >= 0.3 is 0 Å². The summed E-state index contributed by atoms with van der Waals surface area (Å²) in [5.74, 6) is 0. The van der Waals surface area contributed by atoms with Crippen LogP contribution >= 0.6 is 23.1 Å². The van der Waals surface area contributed by atoms with Gasteiger partial charge in [0, 0.05) is 27.4 Å². The number of nitrogens with zero attached hydrogens (tertiary/aromatic N) is 2. The zero-order valence-electron chi connectivity index (χ0n) is 20.4. The number of hydrogen-bond acceptors (Lipinski definition) is 4. The third kappa shape index (κ3) is 5.04. The van der Waals surface area contributed by atoms with Gasteiger partial charge in [0.15, 0.2) is 0 Å². The van der Waals surface area contributed by atoms with Gasteiger partial charge in [0.2, 0.25) is 0 Å². The molecule has 0 saturated heterocycles. The normalized spacial score (nSPS) is 11.0. The van der Waals surface area contributed by atoms with Crippen molar-refractivity contribution in [2.24, 2.45) is 0 Å². The predicted octanol–water partition coefficient (Wildman–Crippen LogP) is 9.59. The smallest absolute Gasteiger partial charge is 0.129 e. The molecule has 174 valence electrons. The number of rotatable bonds is 6. The fraction of sp³-hybridized carbons (Fsp3) is 0.129. The molecule has 35 heavy (non-hydrogen) atoms. The maximum absolute atomic E-state index is 5.21. The fourth-order valence-electron chi connectivity index (χ4n) is 3.99. The molecule has 0 spiro atoms. The topological polar surface area (TPSA) is 16.1 Å². The van der Waals surface area contributed by atoms with E-state index in [2.05, 4.69) is 129 Å². The van der Waals surface area contributed by atoms with Crippen LogP contribution in [0.2, 0.25) is 0 Å². The first-order chi connectivity index (χ1) is 17.0. The lowest BCUT2D eigenvalue weighted by molar-refractivity contribution is 1.28. The monoisotopic (exact) mass is 492 g/mol. The van der Waals surface area contributed by atoms with Crippen LogP contribution in [-0.2, 0) is 0 Å². The maximum Gasteiger partial charge on any atom is 0.129 e. The molecule has 0 N–H and O–H groups in total. The molecule has 0 aliphatic heterocycles. The van der Waals surface area contributed by atoms with Gasteiger partial charge in [-0.15, -0.1) is 11.8 Å². The predicted molar refractivity (Wildman–Crippen MR) is 154 cm³/mol. The van der Waals surface area contributed by atoms with E-state index in [4.69, 9.17) is 4.98 Å². The Labute approximate surface area is 216 Å². The third-order valence-electron chi connectivity index (χ3n) is 6.06. The molecule has 1 aromatic heterocycles. The van der Waals surface area contributed by atoms with Gasteiger partial charge in [-0.25, -0.2) is 4.98 Å². The van der Waals surface area contributed by atoms with Crippen molar-refractivity contribution in [1.82, 2.24) is 4.98 Å². The summed E-state index contributed by atoms with van der Waals surface area (Å²) in [4.78, 5) is 8.81. The van der Waals surface area contributed by atoms with Crippen LogP contribution in [0.4, 0.5) is 16.4 Å². The molecule has 0 atom stereocenters. The summed E-state index contributed by atoms with van der Waals surface area (Å²) in [5, 5.41) is 2.14. The Kier molecular flexibility index (Phi) is 6.76. The highest BCUT2D eigenvalue weighted by atomic mass is 32.2. The first kappa shape index (κ1) is 23.4.